The molecule has 0 aromatic carbocycles. The van der Waals surface area contributed by atoms with Gasteiger partial charge in [0.05, 0.1) is 16.0 Å². The number of hydrogen-bond acceptors (Lipinski definition) is 3. The van der Waals surface area contributed by atoms with Crippen molar-refractivity contribution in [1.29, 1.82) is 0 Å². The van der Waals surface area contributed by atoms with Crippen LogP contribution in [0.5, 0.6) is 0 Å². The van der Waals surface area contributed by atoms with E-state index < -0.39 is 10.8 Å². The van der Waals surface area contributed by atoms with Gasteiger partial charge in [-0.1, -0.05) is 6.07 Å². The fraction of sp³-hybridized carbons (Fsp3) is 0.545. The van der Waals surface area contributed by atoms with E-state index in [-0.39, 0.29) is 5.25 Å². The number of aryl methyl sites for hydroxylation is 1. The highest BCUT2D eigenvalue weighted by Gasteiger charge is 2.21. The van der Waals surface area contributed by atoms with Gasteiger partial charge in [0.25, 0.3) is 0 Å². The zero-order valence-corrected chi connectivity index (χ0v) is 9.72. The van der Waals surface area contributed by atoms with E-state index in [2.05, 4.69) is 10.3 Å². The van der Waals surface area contributed by atoms with Crippen LogP contribution in [0.25, 0.3) is 0 Å². The van der Waals surface area contributed by atoms with E-state index >= 15 is 0 Å². The van der Waals surface area contributed by atoms with Crippen LogP contribution in [-0.2, 0) is 10.8 Å². The molecule has 1 aliphatic rings. The van der Waals surface area contributed by atoms with Crippen molar-refractivity contribution >= 4 is 10.8 Å². The average molecular weight is 224 g/mol. The summed E-state index contributed by atoms with van der Waals surface area (Å²) in [6.07, 6.45) is 3.93. The fourth-order valence-corrected chi connectivity index (χ4v) is 3.10. The Hall–Kier alpha value is -0.740. The second-order valence-electron chi connectivity index (χ2n) is 3.94. The molecule has 0 radical (unpaired) electrons. The molecule has 0 saturated carbocycles. The molecular formula is C11H16N2OS. The largest absolute Gasteiger partial charge is 0.316 e. The quantitative estimate of drug-likeness (QED) is 0.822. The minimum atomic E-state index is -0.952. The minimum absolute atomic E-state index is 0.231. The van der Waals surface area contributed by atoms with E-state index in [4.69, 9.17) is 0 Å². The number of piperidine rings is 1. The highest BCUT2D eigenvalue weighted by Crippen LogP contribution is 2.15. The molecule has 2 unspecified atom stereocenters. The third-order valence-electron chi connectivity index (χ3n) is 2.64. The molecule has 0 spiro atoms. The summed E-state index contributed by atoms with van der Waals surface area (Å²) in [5, 5.41) is 4.22. The zero-order chi connectivity index (χ0) is 10.7. The number of hydrogen-bond donors (Lipinski definition) is 1. The van der Waals surface area contributed by atoms with Gasteiger partial charge in [0, 0.05) is 12.7 Å². The van der Waals surface area contributed by atoms with Crippen LogP contribution in [0.1, 0.15) is 18.4 Å². The summed E-state index contributed by atoms with van der Waals surface area (Å²) in [4.78, 5) is 4.23. The molecule has 1 fully saturated rings. The van der Waals surface area contributed by atoms with Gasteiger partial charge >= 0.3 is 0 Å². The van der Waals surface area contributed by atoms with Gasteiger partial charge in [0.2, 0.25) is 0 Å². The maximum atomic E-state index is 12.1. The molecule has 3 nitrogen and oxygen atoms in total. The van der Waals surface area contributed by atoms with E-state index in [1.165, 1.54) is 0 Å². The highest BCUT2D eigenvalue weighted by molar-refractivity contribution is 7.85. The smallest absolute Gasteiger partial charge is 0.127 e. The summed E-state index contributed by atoms with van der Waals surface area (Å²) in [5.41, 5.74) is 1.11. The summed E-state index contributed by atoms with van der Waals surface area (Å²) < 4.78 is 12.1. The Morgan fingerprint density at radius 3 is 3.00 bits per heavy atom. The van der Waals surface area contributed by atoms with Gasteiger partial charge in [-0.15, -0.1) is 0 Å². The van der Waals surface area contributed by atoms with Crippen LogP contribution in [-0.4, -0.2) is 27.5 Å². The zero-order valence-electron chi connectivity index (χ0n) is 8.90. The second-order valence-corrected chi connectivity index (χ2v) is 5.62. The van der Waals surface area contributed by atoms with Gasteiger partial charge in [-0.05, 0) is 37.9 Å². The Balaban J connectivity index is 2.09. The Kier molecular flexibility index (Phi) is 3.49. The summed E-state index contributed by atoms with van der Waals surface area (Å²) in [5.74, 6) is 0. The molecule has 1 saturated heterocycles. The summed E-state index contributed by atoms with van der Waals surface area (Å²) in [6.45, 7) is 3.89. The average Bonchev–Trinajstić information content (AvgIpc) is 2.30. The Labute approximate surface area is 92.8 Å². The normalized spacial score (nSPS) is 23.7. The molecule has 2 rings (SSSR count). The van der Waals surface area contributed by atoms with Crippen molar-refractivity contribution in [3.63, 3.8) is 0 Å². The van der Waals surface area contributed by atoms with Gasteiger partial charge in [-0.3, -0.25) is 4.21 Å². The summed E-state index contributed by atoms with van der Waals surface area (Å²) in [6, 6.07) is 3.84. The lowest BCUT2D eigenvalue weighted by Gasteiger charge is -2.21. The van der Waals surface area contributed by atoms with E-state index in [0.29, 0.717) is 5.03 Å². The number of nitrogens with one attached hydrogen (secondary N) is 1. The third kappa shape index (κ3) is 2.63. The van der Waals surface area contributed by atoms with Crippen molar-refractivity contribution < 1.29 is 4.21 Å². The van der Waals surface area contributed by atoms with E-state index in [0.717, 1.165) is 31.5 Å². The molecule has 1 N–H and O–H groups in total. The van der Waals surface area contributed by atoms with Crippen LogP contribution in [0.2, 0.25) is 0 Å². The lowest BCUT2D eigenvalue weighted by Crippen LogP contribution is -2.36. The first-order chi connectivity index (χ1) is 7.27. The van der Waals surface area contributed by atoms with Crippen molar-refractivity contribution in [2.75, 3.05) is 13.1 Å². The number of pyridine rings is 1. The van der Waals surface area contributed by atoms with Crippen molar-refractivity contribution in [2.45, 2.75) is 30.0 Å². The lowest BCUT2D eigenvalue weighted by molar-refractivity contribution is 0.519. The second kappa shape index (κ2) is 4.86. The first-order valence-electron chi connectivity index (χ1n) is 5.31. The Morgan fingerprint density at radius 2 is 2.40 bits per heavy atom. The standard InChI is InChI=1S/C11H16N2OS/c1-9-4-5-11(13-7-9)15(14)10-3-2-6-12-8-10/h4-5,7,10,12H,2-3,6,8H2,1H3. The predicted molar refractivity (Wildman–Crippen MR) is 61.3 cm³/mol. The summed E-state index contributed by atoms with van der Waals surface area (Å²) in [7, 11) is -0.952. The van der Waals surface area contributed by atoms with E-state index in [9.17, 15) is 4.21 Å². The van der Waals surface area contributed by atoms with Gasteiger partial charge in [0.15, 0.2) is 0 Å². The minimum Gasteiger partial charge on any atom is -0.316 e. The molecule has 1 aromatic heterocycles. The topological polar surface area (TPSA) is 42.0 Å². The first-order valence-corrected chi connectivity index (χ1v) is 6.52. The molecule has 0 aliphatic carbocycles. The van der Waals surface area contributed by atoms with Crippen LogP contribution in [0.3, 0.4) is 0 Å². The molecule has 1 aromatic rings. The molecule has 4 heteroatoms. The molecular weight excluding hydrogens is 208 g/mol. The third-order valence-corrected chi connectivity index (χ3v) is 4.31. The Morgan fingerprint density at radius 1 is 1.53 bits per heavy atom. The van der Waals surface area contributed by atoms with E-state index in [1.54, 1.807) is 6.20 Å². The van der Waals surface area contributed by atoms with Crippen LogP contribution >= 0.6 is 0 Å². The van der Waals surface area contributed by atoms with Crippen molar-refractivity contribution in [1.82, 2.24) is 10.3 Å². The predicted octanol–water partition coefficient (Wildman–Crippen LogP) is 1.25. The lowest BCUT2D eigenvalue weighted by atomic mass is 10.2. The SMILES string of the molecule is Cc1ccc(S(=O)C2CCCNC2)nc1. The van der Waals surface area contributed by atoms with Gasteiger partial charge in [-0.2, -0.15) is 0 Å². The molecule has 2 heterocycles. The van der Waals surface area contributed by atoms with Crippen LogP contribution in [0, 0.1) is 6.92 Å². The molecule has 0 bridgehead atoms. The number of rotatable bonds is 2. The van der Waals surface area contributed by atoms with Gasteiger partial charge in [0.1, 0.15) is 5.03 Å². The van der Waals surface area contributed by atoms with Gasteiger partial charge < -0.3 is 5.32 Å². The van der Waals surface area contributed by atoms with Gasteiger partial charge in [-0.25, -0.2) is 4.98 Å². The monoisotopic (exact) mass is 224 g/mol. The molecule has 1 aliphatic heterocycles. The molecule has 15 heavy (non-hydrogen) atoms. The Bertz CT molecular complexity index is 344. The number of nitrogens with zero attached hydrogens (tertiary/aromatic N) is 1. The van der Waals surface area contributed by atoms with Crippen molar-refractivity contribution in [3.8, 4) is 0 Å². The van der Waals surface area contributed by atoms with Crippen LogP contribution in [0.15, 0.2) is 23.4 Å². The fourth-order valence-electron chi connectivity index (χ4n) is 1.75. The highest BCUT2D eigenvalue weighted by atomic mass is 32.2. The molecule has 82 valence electrons. The van der Waals surface area contributed by atoms with Crippen LogP contribution in [0.4, 0.5) is 0 Å². The molecule has 2 atom stereocenters. The van der Waals surface area contributed by atoms with Crippen molar-refractivity contribution in [2.24, 2.45) is 0 Å². The van der Waals surface area contributed by atoms with E-state index in [1.807, 2.05) is 19.1 Å². The number of aromatic nitrogens is 1. The molecule has 0 amide bonds. The van der Waals surface area contributed by atoms with Crippen LogP contribution < -0.4 is 5.32 Å². The maximum absolute atomic E-state index is 12.1. The van der Waals surface area contributed by atoms with Crippen molar-refractivity contribution in [3.05, 3.63) is 23.9 Å². The maximum Gasteiger partial charge on any atom is 0.127 e. The first kappa shape index (κ1) is 10.8. The summed E-state index contributed by atoms with van der Waals surface area (Å²) >= 11 is 0.